The maximum Gasteiger partial charge on any atom is 0.342 e. The molecule has 0 amide bonds. The van der Waals surface area contributed by atoms with Crippen molar-refractivity contribution in [2.45, 2.75) is 5.33 Å². The predicted molar refractivity (Wildman–Crippen MR) is 59.2 cm³/mol. The quantitative estimate of drug-likeness (QED) is 0.521. The predicted octanol–water partition coefficient (Wildman–Crippen LogP) is 2.20. The number of alkyl halides is 1. The molecular formula is C9H8BrNO5. The third-order valence-electron chi connectivity index (χ3n) is 1.97. The minimum atomic E-state index is -1.36. The lowest BCUT2D eigenvalue weighted by Gasteiger charge is -2.07. The summed E-state index contributed by atoms with van der Waals surface area (Å²) in [6, 6.07) is 2.34. The number of nitro groups is 1. The first-order valence-electron chi connectivity index (χ1n) is 4.15. The largest absolute Gasteiger partial charge is 0.496 e. The molecule has 1 aromatic carbocycles. The monoisotopic (exact) mass is 289 g/mol. The first kappa shape index (κ1) is 12.4. The van der Waals surface area contributed by atoms with Crippen molar-refractivity contribution >= 4 is 27.6 Å². The highest BCUT2D eigenvalue weighted by molar-refractivity contribution is 9.08. The zero-order valence-electron chi connectivity index (χ0n) is 8.27. The Kier molecular flexibility index (Phi) is 3.83. The van der Waals surface area contributed by atoms with E-state index in [-0.39, 0.29) is 5.56 Å². The number of halogens is 1. The molecule has 1 N–H and O–H groups in total. The fourth-order valence-corrected chi connectivity index (χ4v) is 1.67. The van der Waals surface area contributed by atoms with Gasteiger partial charge in [-0.25, -0.2) is 4.79 Å². The van der Waals surface area contributed by atoms with Gasteiger partial charge in [-0.1, -0.05) is 15.9 Å². The van der Waals surface area contributed by atoms with E-state index in [1.807, 2.05) is 0 Å². The van der Waals surface area contributed by atoms with Crippen LogP contribution in [-0.2, 0) is 5.33 Å². The van der Waals surface area contributed by atoms with Gasteiger partial charge in [-0.2, -0.15) is 0 Å². The average Bonchev–Trinajstić information content (AvgIpc) is 2.26. The Balaban J connectivity index is 3.47. The summed E-state index contributed by atoms with van der Waals surface area (Å²) in [7, 11) is 1.37. The Labute approximate surface area is 99.1 Å². The Morgan fingerprint density at radius 1 is 1.62 bits per heavy atom. The van der Waals surface area contributed by atoms with E-state index in [0.717, 1.165) is 6.07 Å². The van der Waals surface area contributed by atoms with Gasteiger partial charge in [0.25, 0.3) is 5.69 Å². The molecule has 0 saturated carbocycles. The molecule has 1 aromatic rings. The molecule has 0 saturated heterocycles. The first-order valence-corrected chi connectivity index (χ1v) is 5.28. The maximum atomic E-state index is 10.8. The van der Waals surface area contributed by atoms with Gasteiger partial charge in [0.05, 0.1) is 12.0 Å². The summed E-state index contributed by atoms with van der Waals surface area (Å²) in [4.78, 5) is 20.8. The molecule has 0 aliphatic heterocycles. The number of carboxylic acid groups (broad SMARTS) is 1. The number of carbonyl (C=O) groups is 1. The van der Waals surface area contributed by atoms with E-state index in [4.69, 9.17) is 9.84 Å². The van der Waals surface area contributed by atoms with Crippen LogP contribution in [-0.4, -0.2) is 23.1 Å². The number of benzene rings is 1. The molecule has 0 heterocycles. The lowest BCUT2D eigenvalue weighted by atomic mass is 10.1. The Morgan fingerprint density at radius 2 is 2.25 bits per heavy atom. The first-order chi connectivity index (χ1) is 7.51. The molecule has 1 rings (SSSR count). The number of nitrogens with zero attached hydrogens (tertiary/aromatic N) is 1. The van der Waals surface area contributed by atoms with Crippen molar-refractivity contribution in [1.82, 2.24) is 0 Å². The van der Waals surface area contributed by atoms with Crippen LogP contribution in [0.1, 0.15) is 15.9 Å². The topological polar surface area (TPSA) is 89.7 Å². The summed E-state index contributed by atoms with van der Waals surface area (Å²) in [6.07, 6.45) is 0. The van der Waals surface area contributed by atoms with Crippen LogP contribution in [0.5, 0.6) is 5.75 Å². The summed E-state index contributed by atoms with van der Waals surface area (Å²) in [6.45, 7) is 0. The fraction of sp³-hybridized carbons (Fsp3) is 0.222. The van der Waals surface area contributed by atoms with Crippen molar-refractivity contribution in [3.63, 3.8) is 0 Å². The van der Waals surface area contributed by atoms with Gasteiger partial charge in [0.2, 0.25) is 0 Å². The van der Waals surface area contributed by atoms with E-state index >= 15 is 0 Å². The van der Waals surface area contributed by atoms with Crippen LogP contribution in [0, 0.1) is 10.1 Å². The highest BCUT2D eigenvalue weighted by Gasteiger charge is 2.22. The number of hydrogen-bond acceptors (Lipinski definition) is 4. The second-order valence-corrected chi connectivity index (χ2v) is 3.44. The summed E-state index contributed by atoms with van der Waals surface area (Å²) < 4.78 is 4.95. The molecule has 0 spiro atoms. The van der Waals surface area contributed by atoms with Gasteiger partial charge in [-0.15, -0.1) is 0 Å². The molecule has 86 valence electrons. The van der Waals surface area contributed by atoms with Gasteiger partial charge in [0, 0.05) is 23.0 Å². The highest BCUT2D eigenvalue weighted by Crippen LogP contribution is 2.30. The normalized spacial score (nSPS) is 9.88. The van der Waals surface area contributed by atoms with Crippen LogP contribution in [0.3, 0.4) is 0 Å². The third-order valence-corrected chi connectivity index (χ3v) is 2.57. The molecule has 0 aliphatic rings. The van der Waals surface area contributed by atoms with Gasteiger partial charge < -0.3 is 9.84 Å². The number of ether oxygens (including phenoxy) is 1. The number of nitro benzene ring substituents is 1. The van der Waals surface area contributed by atoms with Gasteiger partial charge in [0.15, 0.2) is 0 Å². The molecule has 0 unspecified atom stereocenters. The number of hydrogen-bond donors (Lipinski definition) is 1. The fourth-order valence-electron chi connectivity index (χ4n) is 1.23. The molecule has 0 aliphatic carbocycles. The van der Waals surface area contributed by atoms with Crippen LogP contribution in [0.15, 0.2) is 12.1 Å². The van der Waals surface area contributed by atoms with Crippen LogP contribution < -0.4 is 4.74 Å². The Morgan fingerprint density at radius 3 is 2.62 bits per heavy atom. The molecular weight excluding hydrogens is 282 g/mol. The molecule has 0 atom stereocenters. The molecule has 6 nitrogen and oxygen atoms in total. The second kappa shape index (κ2) is 4.93. The molecule has 0 radical (unpaired) electrons. The lowest BCUT2D eigenvalue weighted by Crippen LogP contribution is -2.04. The van der Waals surface area contributed by atoms with E-state index in [1.54, 1.807) is 0 Å². The zero-order valence-corrected chi connectivity index (χ0v) is 9.85. The van der Waals surface area contributed by atoms with Gasteiger partial charge >= 0.3 is 5.97 Å². The van der Waals surface area contributed by atoms with Gasteiger partial charge in [-0.3, -0.25) is 10.1 Å². The number of methoxy groups -OCH3 is 1. The highest BCUT2D eigenvalue weighted by atomic mass is 79.9. The molecule has 7 heteroatoms. The smallest absolute Gasteiger partial charge is 0.342 e. The van der Waals surface area contributed by atoms with Crippen molar-refractivity contribution < 1.29 is 19.6 Å². The lowest BCUT2D eigenvalue weighted by molar-refractivity contribution is -0.385. The summed E-state index contributed by atoms with van der Waals surface area (Å²) >= 11 is 3.14. The third kappa shape index (κ3) is 2.30. The number of rotatable bonds is 4. The maximum absolute atomic E-state index is 10.8. The molecule has 0 aromatic heterocycles. The van der Waals surface area contributed by atoms with E-state index in [2.05, 4.69) is 15.9 Å². The molecule has 0 fully saturated rings. The summed E-state index contributed by atoms with van der Waals surface area (Å²) in [5.41, 5.74) is -0.298. The second-order valence-electron chi connectivity index (χ2n) is 2.88. The summed E-state index contributed by atoms with van der Waals surface area (Å²) in [5, 5.41) is 19.9. The minimum Gasteiger partial charge on any atom is -0.496 e. The minimum absolute atomic E-state index is 0.305. The standard InChI is InChI=1S/C9H8BrNO5/c1-16-8-3-6(9(12)13)7(11(14)15)2-5(8)4-10/h2-3H,4H2,1H3,(H,12,13). The van der Waals surface area contributed by atoms with Crippen molar-refractivity contribution in [3.8, 4) is 5.75 Å². The van der Waals surface area contributed by atoms with Gasteiger partial charge in [-0.05, 0) is 0 Å². The van der Waals surface area contributed by atoms with E-state index in [1.165, 1.54) is 13.2 Å². The van der Waals surface area contributed by atoms with Crippen molar-refractivity contribution in [2.24, 2.45) is 0 Å². The number of aromatic carboxylic acids is 1. The van der Waals surface area contributed by atoms with E-state index in [9.17, 15) is 14.9 Å². The van der Waals surface area contributed by atoms with Crippen LogP contribution in [0.2, 0.25) is 0 Å². The van der Waals surface area contributed by atoms with Crippen LogP contribution in [0.4, 0.5) is 5.69 Å². The zero-order chi connectivity index (χ0) is 12.3. The van der Waals surface area contributed by atoms with Crippen LogP contribution in [0.25, 0.3) is 0 Å². The average molecular weight is 290 g/mol. The van der Waals surface area contributed by atoms with Gasteiger partial charge in [0.1, 0.15) is 11.3 Å². The van der Waals surface area contributed by atoms with Crippen molar-refractivity contribution in [3.05, 3.63) is 33.4 Å². The van der Waals surface area contributed by atoms with Crippen molar-refractivity contribution in [2.75, 3.05) is 7.11 Å². The Hall–Kier alpha value is -1.63. The Bertz CT molecular complexity index is 405. The number of carboxylic acids is 1. The molecule has 0 bridgehead atoms. The van der Waals surface area contributed by atoms with Crippen molar-refractivity contribution in [1.29, 1.82) is 0 Å². The van der Waals surface area contributed by atoms with E-state index in [0.29, 0.717) is 16.6 Å². The van der Waals surface area contributed by atoms with Crippen LogP contribution >= 0.6 is 15.9 Å². The SMILES string of the molecule is COc1cc(C(=O)O)c([N+](=O)[O-])cc1CBr. The molecule has 16 heavy (non-hydrogen) atoms. The van der Waals surface area contributed by atoms with E-state index < -0.39 is 16.6 Å². The summed E-state index contributed by atoms with van der Waals surface area (Å²) in [5.74, 6) is -1.05.